The lowest BCUT2D eigenvalue weighted by atomic mass is 10.2. The molecule has 122 valence electrons. The highest BCUT2D eigenvalue weighted by atomic mass is 79.9. The molecular weight excluding hydrogens is 452 g/mol. The maximum absolute atomic E-state index is 5.33. The van der Waals surface area contributed by atoms with Gasteiger partial charge in [0.2, 0.25) is 0 Å². The van der Waals surface area contributed by atoms with Crippen LogP contribution in [0.4, 0.5) is 11.4 Å². The van der Waals surface area contributed by atoms with Gasteiger partial charge in [-0.25, -0.2) is 0 Å². The molecule has 0 amide bonds. The molecule has 0 saturated carbocycles. The quantitative estimate of drug-likeness (QED) is 0.515. The summed E-state index contributed by atoms with van der Waals surface area (Å²) in [6.45, 7) is 0.710. The van der Waals surface area contributed by atoms with Gasteiger partial charge in [-0.15, -0.1) is 0 Å². The SMILES string of the molecule is S=C(Nc1ccc(Br)cc1)Nc1cnn(Cc2ccc(Br)cc2)c1. The van der Waals surface area contributed by atoms with Crippen LogP contribution < -0.4 is 10.6 Å². The van der Waals surface area contributed by atoms with Crippen LogP contribution in [0.25, 0.3) is 0 Å². The van der Waals surface area contributed by atoms with E-state index in [1.807, 2.05) is 47.3 Å². The maximum Gasteiger partial charge on any atom is 0.175 e. The number of benzene rings is 2. The molecule has 3 rings (SSSR count). The molecule has 0 radical (unpaired) electrons. The summed E-state index contributed by atoms with van der Waals surface area (Å²) in [6, 6.07) is 16.0. The van der Waals surface area contributed by atoms with Crippen LogP contribution >= 0.6 is 44.1 Å². The van der Waals surface area contributed by atoms with Crippen LogP contribution in [0, 0.1) is 0 Å². The van der Waals surface area contributed by atoms with Gasteiger partial charge in [-0.3, -0.25) is 4.68 Å². The van der Waals surface area contributed by atoms with Crippen LogP contribution in [0.2, 0.25) is 0 Å². The van der Waals surface area contributed by atoms with Crippen LogP contribution in [-0.2, 0) is 6.54 Å². The normalized spacial score (nSPS) is 10.4. The number of hydrogen-bond donors (Lipinski definition) is 2. The van der Waals surface area contributed by atoms with Crippen molar-refractivity contribution >= 4 is 60.6 Å². The van der Waals surface area contributed by atoms with Crippen molar-refractivity contribution in [3.63, 3.8) is 0 Å². The van der Waals surface area contributed by atoms with Crippen molar-refractivity contribution in [1.29, 1.82) is 0 Å². The zero-order valence-corrected chi connectivity index (χ0v) is 16.5. The fourth-order valence-electron chi connectivity index (χ4n) is 2.12. The third-order valence-electron chi connectivity index (χ3n) is 3.25. The lowest BCUT2D eigenvalue weighted by molar-refractivity contribution is 0.687. The highest BCUT2D eigenvalue weighted by molar-refractivity contribution is 9.10. The second-order valence-corrected chi connectivity index (χ2v) is 7.38. The van der Waals surface area contributed by atoms with Crippen molar-refractivity contribution in [2.45, 2.75) is 6.54 Å². The molecule has 1 aromatic heterocycles. The summed E-state index contributed by atoms with van der Waals surface area (Å²) >= 11 is 12.2. The summed E-state index contributed by atoms with van der Waals surface area (Å²) in [5.74, 6) is 0. The number of nitrogens with zero attached hydrogens (tertiary/aromatic N) is 2. The molecule has 2 N–H and O–H groups in total. The third kappa shape index (κ3) is 4.90. The Balaban J connectivity index is 1.58. The van der Waals surface area contributed by atoms with Crippen molar-refractivity contribution in [1.82, 2.24) is 9.78 Å². The Bertz CT molecular complexity index is 829. The number of thiocarbonyl (C=S) groups is 1. The van der Waals surface area contributed by atoms with E-state index in [-0.39, 0.29) is 0 Å². The summed E-state index contributed by atoms with van der Waals surface area (Å²) in [4.78, 5) is 0. The van der Waals surface area contributed by atoms with Crippen molar-refractivity contribution < 1.29 is 0 Å². The molecule has 0 unspecified atom stereocenters. The molecule has 0 aliphatic heterocycles. The number of anilines is 2. The fourth-order valence-corrected chi connectivity index (χ4v) is 2.88. The molecule has 0 fully saturated rings. The first kappa shape index (κ1) is 17.1. The summed E-state index contributed by atoms with van der Waals surface area (Å²) in [7, 11) is 0. The van der Waals surface area contributed by atoms with Gasteiger partial charge in [0.25, 0.3) is 0 Å². The molecule has 0 atom stereocenters. The molecule has 0 aliphatic carbocycles. The first-order chi connectivity index (χ1) is 11.6. The minimum Gasteiger partial charge on any atom is -0.332 e. The van der Waals surface area contributed by atoms with E-state index in [0.29, 0.717) is 11.7 Å². The van der Waals surface area contributed by atoms with Crippen LogP contribution in [-0.4, -0.2) is 14.9 Å². The fraction of sp³-hybridized carbons (Fsp3) is 0.0588. The molecule has 24 heavy (non-hydrogen) atoms. The predicted octanol–water partition coefficient (Wildman–Crippen LogP) is 5.27. The van der Waals surface area contributed by atoms with E-state index < -0.39 is 0 Å². The minimum absolute atomic E-state index is 0.528. The molecule has 0 aliphatic rings. The Kier molecular flexibility index (Phi) is 5.65. The largest absolute Gasteiger partial charge is 0.332 e. The van der Waals surface area contributed by atoms with Gasteiger partial charge < -0.3 is 10.6 Å². The average Bonchev–Trinajstić information content (AvgIpc) is 2.99. The van der Waals surface area contributed by atoms with E-state index >= 15 is 0 Å². The van der Waals surface area contributed by atoms with E-state index in [1.54, 1.807) is 6.20 Å². The predicted molar refractivity (Wildman–Crippen MR) is 109 cm³/mol. The van der Waals surface area contributed by atoms with Crippen molar-refractivity contribution in [2.75, 3.05) is 10.6 Å². The smallest absolute Gasteiger partial charge is 0.175 e. The molecule has 4 nitrogen and oxygen atoms in total. The first-order valence-corrected chi connectivity index (χ1v) is 9.18. The van der Waals surface area contributed by atoms with Gasteiger partial charge >= 0.3 is 0 Å². The van der Waals surface area contributed by atoms with E-state index in [1.165, 1.54) is 5.56 Å². The van der Waals surface area contributed by atoms with Crippen molar-refractivity contribution in [3.05, 3.63) is 75.4 Å². The van der Waals surface area contributed by atoms with Gasteiger partial charge in [0, 0.05) is 20.8 Å². The average molecular weight is 466 g/mol. The molecule has 1 heterocycles. The van der Waals surface area contributed by atoms with Gasteiger partial charge in [0.05, 0.1) is 18.4 Å². The van der Waals surface area contributed by atoms with Crippen molar-refractivity contribution in [2.24, 2.45) is 0 Å². The Hall–Kier alpha value is -1.70. The van der Waals surface area contributed by atoms with Gasteiger partial charge in [-0.2, -0.15) is 5.10 Å². The van der Waals surface area contributed by atoms with Crippen LogP contribution in [0.15, 0.2) is 69.9 Å². The number of hydrogen-bond acceptors (Lipinski definition) is 2. The standard InChI is InChI=1S/C17H14Br2N4S/c18-13-3-1-12(2-4-13)10-23-11-16(9-20-23)22-17(24)21-15-7-5-14(19)6-8-15/h1-9,11H,10H2,(H2,21,22,24). The van der Waals surface area contributed by atoms with Gasteiger partial charge in [0.15, 0.2) is 5.11 Å². The van der Waals surface area contributed by atoms with E-state index in [4.69, 9.17) is 12.2 Å². The number of nitrogens with one attached hydrogen (secondary N) is 2. The molecule has 3 aromatic rings. The number of aromatic nitrogens is 2. The molecule has 7 heteroatoms. The first-order valence-electron chi connectivity index (χ1n) is 7.19. The van der Waals surface area contributed by atoms with E-state index in [9.17, 15) is 0 Å². The lowest BCUT2D eigenvalue weighted by Crippen LogP contribution is -2.18. The Morgan fingerprint density at radius 2 is 1.50 bits per heavy atom. The highest BCUT2D eigenvalue weighted by Crippen LogP contribution is 2.15. The third-order valence-corrected chi connectivity index (χ3v) is 4.51. The summed E-state index contributed by atoms with van der Waals surface area (Å²) in [5.41, 5.74) is 2.96. The molecule has 0 spiro atoms. The molecule has 2 aromatic carbocycles. The summed E-state index contributed by atoms with van der Waals surface area (Å²) < 4.78 is 3.97. The maximum atomic E-state index is 5.33. The number of halogens is 2. The Labute approximate surface area is 162 Å². The minimum atomic E-state index is 0.528. The second-order valence-electron chi connectivity index (χ2n) is 5.14. The summed E-state index contributed by atoms with van der Waals surface area (Å²) in [5, 5.41) is 11.2. The van der Waals surface area contributed by atoms with Crippen LogP contribution in [0.5, 0.6) is 0 Å². The van der Waals surface area contributed by atoms with E-state index in [2.05, 4.69) is 59.7 Å². The Morgan fingerprint density at radius 1 is 0.917 bits per heavy atom. The molecular formula is C17H14Br2N4S. The summed E-state index contributed by atoms with van der Waals surface area (Å²) in [6.07, 6.45) is 3.69. The second kappa shape index (κ2) is 7.92. The van der Waals surface area contributed by atoms with E-state index in [0.717, 1.165) is 20.3 Å². The van der Waals surface area contributed by atoms with Gasteiger partial charge in [-0.05, 0) is 54.2 Å². The van der Waals surface area contributed by atoms with Crippen molar-refractivity contribution in [3.8, 4) is 0 Å². The molecule has 0 saturated heterocycles. The monoisotopic (exact) mass is 464 g/mol. The lowest BCUT2D eigenvalue weighted by Gasteiger charge is -2.08. The zero-order chi connectivity index (χ0) is 16.9. The number of rotatable bonds is 4. The molecule has 0 bridgehead atoms. The van der Waals surface area contributed by atoms with Crippen LogP contribution in [0.1, 0.15) is 5.56 Å². The highest BCUT2D eigenvalue weighted by Gasteiger charge is 2.03. The van der Waals surface area contributed by atoms with Crippen LogP contribution in [0.3, 0.4) is 0 Å². The van der Waals surface area contributed by atoms with Gasteiger partial charge in [-0.1, -0.05) is 44.0 Å². The topological polar surface area (TPSA) is 41.9 Å². The van der Waals surface area contributed by atoms with Gasteiger partial charge in [0.1, 0.15) is 0 Å². The Morgan fingerprint density at radius 3 is 2.17 bits per heavy atom. The zero-order valence-electron chi connectivity index (χ0n) is 12.5.